The van der Waals surface area contributed by atoms with Crippen LogP contribution in [0.1, 0.15) is 45.9 Å². The third-order valence-electron chi connectivity index (χ3n) is 4.15. The molecule has 1 aromatic carbocycles. The molecule has 3 heterocycles. The van der Waals surface area contributed by atoms with Gasteiger partial charge in [-0.15, -0.1) is 0 Å². The average Bonchev–Trinajstić information content (AvgIpc) is 3.31. The van der Waals surface area contributed by atoms with Gasteiger partial charge in [0.1, 0.15) is 17.4 Å². The zero-order valence-corrected chi connectivity index (χ0v) is 12.9. The molecule has 2 aromatic heterocycles. The van der Waals surface area contributed by atoms with E-state index in [2.05, 4.69) is 10.1 Å². The van der Waals surface area contributed by atoms with E-state index in [9.17, 15) is 14.0 Å². The van der Waals surface area contributed by atoms with Crippen molar-refractivity contribution < 1.29 is 22.9 Å². The number of benzene rings is 1. The molecule has 3 aromatic rings. The lowest BCUT2D eigenvalue weighted by Gasteiger charge is -2.20. The molecule has 1 fully saturated rings. The van der Waals surface area contributed by atoms with Crippen molar-refractivity contribution in [1.29, 1.82) is 0 Å². The highest BCUT2D eigenvalue weighted by molar-refractivity contribution is 5.96. The topological polar surface area (TPSA) is 115 Å². The summed E-state index contributed by atoms with van der Waals surface area (Å²) in [6.45, 7) is 0.475. The van der Waals surface area contributed by atoms with E-state index in [0.717, 1.165) is 6.42 Å². The van der Waals surface area contributed by atoms with Gasteiger partial charge in [-0.25, -0.2) is 4.39 Å². The molecular weight excluding hydrogens is 331 g/mol. The van der Waals surface area contributed by atoms with E-state index in [1.807, 2.05) is 0 Å². The van der Waals surface area contributed by atoms with Crippen LogP contribution in [-0.2, 0) is 0 Å². The molecule has 2 amide bonds. The minimum atomic E-state index is -0.801. The van der Waals surface area contributed by atoms with Crippen LogP contribution in [0.3, 0.4) is 0 Å². The van der Waals surface area contributed by atoms with Gasteiger partial charge in [0.25, 0.3) is 17.6 Å². The molecule has 0 spiro atoms. The molecule has 0 aliphatic carbocycles. The van der Waals surface area contributed by atoms with Crippen LogP contribution in [0.25, 0.3) is 11.0 Å². The predicted octanol–water partition coefficient (Wildman–Crippen LogP) is 2.03. The number of carbonyl (C=O) groups is 2. The standard InChI is InChI=1S/C16H13FN4O4/c17-9-3-4-11-8(6-9)7-12(24-11)16(23)21-5-1-2-10(21)15-19-14(13(18)22)20-25-15/h3-4,6-7,10H,1-2,5H2,(H2,18,22)/t10-/m0/s1. The molecule has 8 nitrogen and oxygen atoms in total. The van der Waals surface area contributed by atoms with E-state index in [4.69, 9.17) is 14.7 Å². The van der Waals surface area contributed by atoms with Crippen LogP contribution < -0.4 is 5.73 Å². The SMILES string of the molecule is NC(=O)c1noc([C@@H]2CCCN2C(=O)c2cc3cc(F)ccc3o2)n1. The maximum atomic E-state index is 13.3. The maximum absolute atomic E-state index is 13.3. The molecule has 1 saturated heterocycles. The van der Waals surface area contributed by atoms with Gasteiger partial charge >= 0.3 is 0 Å². The second kappa shape index (κ2) is 5.69. The van der Waals surface area contributed by atoms with E-state index >= 15 is 0 Å². The van der Waals surface area contributed by atoms with E-state index in [0.29, 0.717) is 23.9 Å². The van der Waals surface area contributed by atoms with Gasteiger partial charge in [0.15, 0.2) is 5.76 Å². The average molecular weight is 344 g/mol. The smallest absolute Gasteiger partial charge is 0.290 e. The quantitative estimate of drug-likeness (QED) is 0.777. The fourth-order valence-corrected chi connectivity index (χ4v) is 3.00. The molecular formula is C16H13FN4O4. The van der Waals surface area contributed by atoms with E-state index in [1.54, 1.807) is 0 Å². The Morgan fingerprint density at radius 1 is 1.32 bits per heavy atom. The number of nitrogens with two attached hydrogens (primary N) is 1. The van der Waals surface area contributed by atoms with E-state index in [1.165, 1.54) is 29.2 Å². The van der Waals surface area contributed by atoms with Crippen LogP contribution in [0, 0.1) is 5.82 Å². The summed E-state index contributed by atoms with van der Waals surface area (Å²) in [7, 11) is 0. The number of likely N-dealkylation sites (tertiary alicyclic amines) is 1. The summed E-state index contributed by atoms with van der Waals surface area (Å²) in [6, 6.07) is 5.08. The Morgan fingerprint density at radius 3 is 2.92 bits per heavy atom. The van der Waals surface area contributed by atoms with Gasteiger partial charge < -0.3 is 19.6 Å². The van der Waals surface area contributed by atoms with E-state index in [-0.39, 0.29) is 23.4 Å². The lowest BCUT2D eigenvalue weighted by molar-refractivity contribution is 0.0680. The molecule has 9 heteroatoms. The number of halogens is 1. The molecule has 1 aliphatic heterocycles. The number of hydrogen-bond donors (Lipinski definition) is 1. The molecule has 0 unspecified atom stereocenters. The van der Waals surface area contributed by atoms with Gasteiger partial charge in [0.2, 0.25) is 5.89 Å². The monoisotopic (exact) mass is 344 g/mol. The Morgan fingerprint density at radius 2 is 2.16 bits per heavy atom. The van der Waals surface area contributed by atoms with Crippen molar-refractivity contribution in [2.24, 2.45) is 5.73 Å². The number of amides is 2. The predicted molar refractivity (Wildman–Crippen MR) is 82.0 cm³/mol. The van der Waals surface area contributed by atoms with E-state index < -0.39 is 17.8 Å². The number of hydrogen-bond acceptors (Lipinski definition) is 6. The van der Waals surface area contributed by atoms with Crippen LogP contribution >= 0.6 is 0 Å². The first kappa shape index (κ1) is 15.3. The summed E-state index contributed by atoms with van der Waals surface area (Å²) in [4.78, 5) is 29.4. The van der Waals surface area contributed by atoms with Gasteiger partial charge in [-0.3, -0.25) is 9.59 Å². The lowest BCUT2D eigenvalue weighted by Crippen LogP contribution is -2.30. The highest BCUT2D eigenvalue weighted by Gasteiger charge is 2.36. The van der Waals surface area contributed by atoms with Gasteiger partial charge in [-0.2, -0.15) is 4.98 Å². The minimum absolute atomic E-state index is 0.0992. The summed E-state index contributed by atoms with van der Waals surface area (Å²) in [5, 5.41) is 4.01. The second-order valence-corrected chi connectivity index (χ2v) is 5.77. The molecule has 2 N–H and O–H groups in total. The number of aromatic nitrogens is 2. The molecule has 0 saturated carbocycles. The van der Waals surface area contributed by atoms with Crippen LogP contribution in [0.2, 0.25) is 0 Å². The minimum Gasteiger partial charge on any atom is -0.451 e. The Balaban J connectivity index is 1.64. The number of nitrogens with zero attached hydrogens (tertiary/aromatic N) is 3. The van der Waals surface area contributed by atoms with Gasteiger partial charge in [0, 0.05) is 11.9 Å². The first-order valence-electron chi connectivity index (χ1n) is 7.66. The summed E-state index contributed by atoms with van der Waals surface area (Å²) >= 11 is 0. The first-order valence-corrected chi connectivity index (χ1v) is 7.66. The number of carbonyl (C=O) groups excluding carboxylic acids is 2. The molecule has 128 valence electrons. The summed E-state index contributed by atoms with van der Waals surface area (Å²) < 4.78 is 23.9. The second-order valence-electron chi connectivity index (χ2n) is 5.77. The van der Waals surface area contributed by atoms with Crippen LogP contribution in [0.4, 0.5) is 4.39 Å². The number of primary amides is 1. The van der Waals surface area contributed by atoms with Crippen molar-refractivity contribution in [3.05, 3.63) is 47.6 Å². The summed E-state index contributed by atoms with van der Waals surface area (Å²) in [5.41, 5.74) is 5.54. The molecule has 1 aliphatic rings. The number of furan rings is 1. The largest absolute Gasteiger partial charge is 0.451 e. The maximum Gasteiger partial charge on any atom is 0.290 e. The van der Waals surface area contributed by atoms with Gasteiger partial charge in [0.05, 0.1) is 0 Å². The molecule has 4 rings (SSSR count). The van der Waals surface area contributed by atoms with Crippen LogP contribution in [0.5, 0.6) is 0 Å². The van der Waals surface area contributed by atoms with Crippen molar-refractivity contribution in [1.82, 2.24) is 15.0 Å². The normalized spacial score (nSPS) is 17.3. The Labute approximate surface area is 140 Å². The lowest BCUT2D eigenvalue weighted by atomic mass is 10.2. The van der Waals surface area contributed by atoms with Crippen molar-refractivity contribution >= 4 is 22.8 Å². The zero-order valence-electron chi connectivity index (χ0n) is 12.9. The Bertz CT molecular complexity index is 980. The fourth-order valence-electron chi connectivity index (χ4n) is 3.00. The molecule has 1 atom stereocenters. The fraction of sp³-hybridized carbons (Fsp3) is 0.250. The number of fused-ring (bicyclic) bond motifs is 1. The molecule has 25 heavy (non-hydrogen) atoms. The zero-order chi connectivity index (χ0) is 17.6. The van der Waals surface area contributed by atoms with Gasteiger partial charge in [-0.1, -0.05) is 5.16 Å². The van der Waals surface area contributed by atoms with Crippen LogP contribution in [0.15, 0.2) is 33.2 Å². The summed E-state index contributed by atoms with van der Waals surface area (Å²) in [5.74, 6) is -1.54. The summed E-state index contributed by atoms with van der Waals surface area (Å²) in [6.07, 6.45) is 1.35. The van der Waals surface area contributed by atoms with Crippen molar-refractivity contribution in [3.8, 4) is 0 Å². The molecule has 0 bridgehead atoms. The van der Waals surface area contributed by atoms with Crippen LogP contribution in [-0.4, -0.2) is 33.4 Å². The third-order valence-corrected chi connectivity index (χ3v) is 4.15. The highest BCUT2D eigenvalue weighted by atomic mass is 19.1. The third kappa shape index (κ3) is 2.63. The van der Waals surface area contributed by atoms with Crippen molar-refractivity contribution in [2.45, 2.75) is 18.9 Å². The Kier molecular flexibility index (Phi) is 3.48. The van der Waals surface area contributed by atoms with Crippen molar-refractivity contribution in [3.63, 3.8) is 0 Å². The van der Waals surface area contributed by atoms with Crippen molar-refractivity contribution in [2.75, 3.05) is 6.54 Å². The molecule has 0 radical (unpaired) electrons. The number of rotatable bonds is 3. The van der Waals surface area contributed by atoms with Gasteiger partial charge in [-0.05, 0) is 37.1 Å². The Hall–Kier alpha value is -3.23. The highest BCUT2D eigenvalue weighted by Crippen LogP contribution is 2.33. The first-order chi connectivity index (χ1) is 12.0.